The molecule has 2 heterocycles. The van der Waals surface area contributed by atoms with Gasteiger partial charge in [0.25, 0.3) is 5.91 Å². The maximum absolute atomic E-state index is 13.1. The summed E-state index contributed by atoms with van der Waals surface area (Å²) in [6, 6.07) is 11.1. The number of hydrogen-bond donors (Lipinski definition) is 0. The van der Waals surface area contributed by atoms with Gasteiger partial charge in [-0.3, -0.25) is 4.79 Å². The van der Waals surface area contributed by atoms with E-state index < -0.39 is 9.84 Å². The van der Waals surface area contributed by atoms with Crippen molar-refractivity contribution in [2.75, 3.05) is 31.1 Å². The summed E-state index contributed by atoms with van der Waals surface area (Å²) in [5.41, 5.74) is 1.81. The Balaban J connectivity index is 0.00000210. The van der Waals surface area contributed by atoms with Crippen molar-refractivity contribution in [2.45, 2.75) is 4.90 Å². The van der Waals surface area contributed by atoms with Crippen molar-refractivity contribution in [3.05, 3.63) is 64.8 Å². The number of piperazine rings is 1. The van der Waals surface area contributed by atoms with E-state index >= 15 is 0 Å². The van der Waals surface area contributed by atoms with Crippen LogP contribution in [0, 0.1) is 5.82 Å². The number of rotatable bonds is 2. The third-order valence-electron chi connectivity index (χ3n) is 4.78. The van der Waals surface area contributed by atoms with E-state index in [2.05, 4.69) is 4.90 Å². The van der Waals surface area contributed by atoms with E-state index in [0.29, 0.717) is 37.3 Å². The third kappa shape index (κ3) is 3.57. The maximum atomic E-state index is 13.1. The number of carbonyl (C=O) groups is 1. The van der Waals surface area contributed by atoms with Gasteiger partial charge in [0.2, 0.25) is 0 Å². The van der Waals surface area contributed by atoms with Gasteiger partial charge < -0.3 is 9.80 Å². The summed E-state index contributed by atoms with van der Waals surface area (Å²) in [5.74, 6) is -0.439. The molecule has 1 saturated heterocycles. The van der Waals surface area contributed by atoms with Gasteiger partial charge in [0.15, 0.2) is 9.84 Å². The molecule has 0 spiro atoms. The Bertz CT molecular complexity index is 998. The molecule has 2 aromatic rings. The minimum atomic E-state index is -3.43. The number of nitrogens with zero attached hydrogens (tertiary/aromatic N) is 2. The van der Waals surface area contributed by atoms with Crippen LogP contribution in [-0.4, -0.2) is 45.4 Å². The van der Waals surface area contributed by atoms with Crippen LogP contribution in [0.15, 0.2) is 52.8 Å². The van der Waals surface area contributed by atoms with Crippen LogP contribution in [0.2, 0.25) is 0 Å². The van der Waals surface area contributed by atoms with Gasteiger partial charge in [-0.05, 0) is 42.5 Å². The maximum Gasteiger partial charge on any atom is 0.254 e. The summed E-state index contributed by atoms with van der Waals surface area (Å²) in [6.45, 7) is 2.33. The second-order valence-electron chi connectivity index (χ2n) is 6.32. The zero-order chi connectivity index (χ0) is 18.3. The predicted octanol–water partition coefficient (Wildman–Crippen LogP) is 2.97. The fourth-order valence-electron chi connectivity index (χ4n) is 3.37. The number of anilines is 1. The summed E-state index contributed by atoms with van der Waals surface area (Å²) in [6.07, 6.45) is 1.49. The highest BCUT2D eigenvalue weighted by molar-refractivity contribution is 7.94. The molecule has 0 aromatic heterocycles. The first-order valence-corrected chi connectivity index (χ1v) is 9.86. The normalized spacial score (nSPS) is 17.4. The molecule has 4 rings (SSSR count). The monoisotopic (exact) mass is 408 g/mol. The molecule has 0 N–H and O–H groups in total. The molecule has 142 valence electrons. The van der Waals surface area contributed by atoms with Crippen molar-refractivity contribution in [3.63, 3.8) is 0 Å². The summed E-state index contributed by atoms with van der Waals surface area (Å²) in [7, 11) is -3.43. The number of amides is 1. The van der Waals surface area contributed by atoms with Gasteiger partial charge in [0.1, 0.15) is 5.82 Å². The Morgan fingerprint density at radius 2 is 1.63 bits per heavy atom. The van der Waals surface area contributed by atoms with E-state index in [1.54, 1.807) is 29.2 Å². The van der Waals surface area contributed by atoms with E-state index in [1.165, 1.54) is 24.3 Å². The Morgan fingerprint density at radius 3 is 2.30 bits per heavy atom. The van der Waals surface area contributed by atoms with Crippen LogP contribution in [-0.2, 0) is 9.84 Å². The second-order valence-corrected chi connectivity index (χ2v) is 8.12. The topological polar surface area (TPSA) is 57.7 Å². The molecule has 2 aromatic carbocycles. The quantitative estimate of drug-likeness (QED) is 0.766. The number of hydrogen-bond acceptors (Lipinski definition) is 4. The molecular formula is C19H18ClFN2O3S. The number of benzene rings is 2. The summed E-state index contributed by atoms with van der Waals surface area (Å²) < 4.78 is 37.0. The van der Waals surface area contributed by atoms with Crippen LogP contribution in [0.3, 0.4) is 0 Å². The molecule has 0 aliphatic carbocycles. The number of sulfone groups is 1. The molecule has 5 nitrogen and oxygen atoms in total. The van der Waals surface area contributed by atoms with Gasteiger partial charge in [-0.1, -0.05) is 6.07 Å². The minimum Gasteiger partial charge on any atom is -0.368 e. The van der Waals surface area contributed by atoms with Crippen LogP contribution in [0.5, 0.6) is 0 Å². The van der Waals surface area contributed by atoms with Crippen LogP contribution >= 0.6 is 12.4 Å². The van der Waals surface area contributed by atoms with Crippen LogP contribution < -0.4 is 4.90 Å². The number of halogens is 2. The molecule has 0 radical (unpaired) electrons. The molecule has 2 aliphatic heterocycles. The lowest BCUT2D eigenvalue weighted by Crippen LogP contribution is -2.49. The van der Waals surface area contributed by atoms with E-state index in [9.17, 15) is 17.6 Å². The van der Waals surface area contributed by atoms with Crippen LogP contribution in [0.25, 0.3) is 6.08 Å². The predicted molar refractivity (Wildman–Crippen MR) is 104 cm³/mol. The first-order valence-electron chi connectivity index (χ1n) is 8.32. The lowest BCUT2D eigenvalue weighted by molar-refractivity contribution is 0.0746. The lowest BCUT2D eigenvalue weighted by Gasteiger charge is -2.36. The van der Waals surface area contributed by atoms with E-state index in [1.807, 2.05) is 0 Å². The van der Waals surface area contributed by atoms with Gasteiger partial charge in [0, 0.05) is 48.4 Å². The van der Waals surface area contributed by atoms with Gasteiger partial charge in [-0.25, -0.2) is 12.8 Å². The fourth-order valence-corrected chi connectivity index (χ4v) is 4.59. The minimum absolute atomic E-state index is 0. The highest BCUT2D eigenvalue weighted by atomic mass is 35.5. The zero-order valence-corrected chi connectivity index (χ0v) is 16.0. The standard InChI is InChI=1S/C19H17FN2O3S.ClH/c20-14-4-6-15(7-5-14)21-9-11-22(12-10-21)19(23)17-2-1-3-18-16(17)8-13-26(18,24)25;/h1-8,13H,9-12H2;1H. The first-order chi connectivity index (χ1) is 12.5. The highest BCUT2D eigenvalue weighted by Crippen LogP contribution is 2.30. The molecular weight excluding hydrogens is 391 g/mol. The Labute approximate surface area is 163 Å². The van der Waals surface area contributed by atoms with Crippen molar-refractivity contribution in [2.24, 2.45) is 0 Å². The average molecular weight is 409 g/mol. The van der Waals surface area contributed by atoms with Crippen molar-refractivity contribution in [1.82, 2.24) is 4.90 Å². The first kappa shape index (κ1) is 19.4. The average Bonchev–Trinajstić information content (AvgIpc) is 2.97. The third-order valence-corrected chi connectivity index (χ3v) is 6.24. The molecule has 2 aliphatic rings. The summed E-state index contributed by atoms with van der Waals surface area (Å²) in [5, 5.41) is 1.14. The van der Waals surface area contributed by atoms with Crippen LogP contribution in [0.4, 0.5) is 10.1 Å². The van der Waals surface area contributed by atoms with Crippen molar-refractivity contribution in [3.8, 4) is 0 Å². The van der Waals surface area contributed by atoms with Gasteiger partial charge in [-0.2, -0.15) is 0 Å². The molecule has 0 bridgehead atoms. The molecule has 0 atom stereocenters. The lowest BCUT2D eigenvalue weighted by atomic mass is 10.1. The number of fused-ring (bicyclic) bond motifs is 1. The van der Waals surface area contributed by atoms with Crippen molar-refractivity contribution in [1.29, 1.82) is 0 Å². The molecule has 27 heavy (non-hydrogen) atoms. The van der Waals surface area contributed by atoms with E-state index in [0.717, 1.165) is 11.1 Å². The molecule has 8 heteroatoms. The van der Waals surface area contributed by atoms with Gasteiger partial charge in [0.05, 0.1) is 4.90 Å². The smallest absolute Gasteiger partial charge is 0.254 e. The Morgan fingerprint density at radius 1 is 0.963 bits per heavy atom. The second kappa shape index (κ2) is 7.32. The SMILES string of the molecule is Cl.O=C(c1cccc2c1C=CS2(=O)=O)N1CCN(c2ccc(F)cc2)CC1. The van der Waals surface area contributed by atoms with Crippen molar-refractivity contribution >= 4 is 39.9 Å². The van der Waals surface area contributed by atoms with E-state index in [4.69, 9.17) is 0 Å². The highest BCUT2D eigenvalue weighted by Gasteiger charge is 2.28. The van der Waals surface area contributed by atoms with Crippen LogP contribution in [0.1, 0.15) is 15.9 Å². The molecule has 1 amide bonds. The summed E-state index contributed by atoms with van der Waals surface area (Å²) in [4.78, 5) is 16.9. The number of carbonyl (C=O) groups excluding carboxylic acids is 1. The Kier molecular flexibility index (Phi) is 5.26. The molecule has 1 fully saturated rings. The van der Waals surface area contributed by atoms with Gasteiger partial charge >= 0.3 is 0 Å². The fraction of sp³-hybridized carbons (Fsp3) is 0.211. The zero-order valence-electron chi connectivity index (χ0n) is 14.3. The molecule has 0 saturated carbocycles. The largest absolute Gasteiger partial charge is 0.368 e. The Hall–Kier alpha value is -2.38. The molecule has 0 unspecified atom stereocenters. The summed E-state index contributed by atoms with van der Waals surface area (Å²) >= 11 is 0. The van der Waals surface area contributed by atoms with Crippen molar-refractivity contribution < 1.29 is 17.6 Å². The van der Waals surface area contributed by atoms with Gasteiger partial charge in [-0.15, -0.1) is 12.4 Å². The van der Waals surface area contributed by atoms with E-state index in [-0.39, 0.29) is 29.0 Å².